The highest BCUT2D eigenvalue weighted by Gasteiger charge is 1.99. The average Bonchev–Trinajstić information content (AvgIpc) is 2.84. The van der Waals surface area contributed by atoms with Crippen LogP contribution in [0.25, 0.3) is 17.4 Å². The van der Waals surface area contributed by atoms with Crippen LogP contribution in [-0.2, 0) is 0 Å². The highest BCUT2D eigenvalue weighted by molar-refractivity contribution is 5.60. The van der Waals surface area contributed by atoms with Gasteiger partial charge in [-0.2, -0.15) is 0 Å². The largest absolute Gasteiger partial charge is 0.396 e. The van der Waals surface area contributed by atoms with Crippen molar-refractivity contribution < 1.29 is 9.63 Å². The first-order valence-electron chi connectivity index (χ1n) is 5.18. The number of hydrogen-bond acceptors (Lipinski definition) is 3. The molecular formula is C13H13NO2. The third-order valence-electron chi connectivity index (χ3n) is 2.24. The normalized spacial score (nSPS) is 11.1. The maximum Gasteiger partial charge on any atom is 0.166 e. The van der Waals surface area contributed by atoms with Gasteiger partial charge in [-0.1, -0.05) is 41.6 Å². The van der Waals surface area contributed by atoms with E-state index in [-0.39, 0.29) is 6.61 Å². The molecule has 1 N–H and O–H groups in total. The molecule has 0 spiro atoms. The van der Waals surface area contributed by atoms with E-state index in [1.54, 1.807) is 6.20 Å². The van der Waals surface area contributed by atoms with Gasteiger partial charge in [0, 0.05) is 18.2 Å². The molecule has 0 bridgehead atoms. The van der Waals surface area contributed by atoms with Crippen molar-refractivity contribution in [1.82, 2.24) is 5.16 Å². The third-order valence-corrected chi connectivity index (χ3v) is 2.24. The van der Waals surface area contributed by atoms with Crippen molar-refractivity contribution >= 4 is 6.08 Å². The van der Waals surface area contributed by atoms with Gasteiger partial charge < -0.3 is 9.63 Å². The minimum atomic E-state index is 0.187. The summed E-state index contributed by atoms with van der Waals surface area (Å²) in [6, 6.07) is 9.81. The standard InChI is InChI=1S/C13H13NO2/c15-10-2-1-3-11-4-6-12(7-5-11)13-8-9-14-16-13/h1,3-9,15H,2,10H2. The van der Waals surface area contributed by atoms with Gasteiger partial charge in [0.15, 0.2) is 5.76 Å². The topological polar surface area (TPSA) is 46.3 Å². The molecule has 3 heteroatoms. The number of aliphatic hydroxyl groups excluding tert-OH is 1. The monoisotopic (exact) mass is 215 g/mol. The summed E-state index contributed by atoms with van der Waals surface area (Å²) in [6.45, 7) is 0.187. The lowest BCUT2D eigenvalue weighted by molar-refractivity contribution is 0.303. The number of nitrogens with zero attached hydrogens (tertiary/aromatic N) is 1. The number of hydrogen-bond donors (Lipinski definition) is 1. The zero-order chi connectivity index (χ0) is 11.2. The molecule has 1 heterocycles. The Hall–Kier alpha value is -1.87. The number of benzene rings is 1. The second kappa shape index (κ2) is 5.28. The molecule has 1 aromatic carbocycles. The van der Waals surface area contributed by atoms with Gasteiger partial charge in [0.2, 0.25) is 0 Å². The molecule has 1 aromatic heterocycles. The lowest BCUT2D eigenvalue weighted by Gasteiger charge is -1.96. The average molecular weight is 215 g/mol. The summed E-state index contributed by atoms with van der Waals surface area (Å²) in [7, 11) is 0. The molecule has 3 nitrogen and oxygen atoms in total. The van der Waals surface area contributed by atoms with Crippen LogP contribution in [-0.4, -0.2) is 16.9 Å². The fourth-order valence-electron chi connectivity index (χ4n) is 1.42. The summed E-state index contributed by atoms with van der Waals surface area (Å²) in [6.07, 6.45) is 6.25. The molecule has 0 fully saturated rings. The first-order valence-corrected chi connectivity index (χ1v) is 5.18. The second-order valence-corrected chi connectivity index (χ2v) is 3.41. The molecule has 0 atom stereocenters. The van der Waals surface area contributed by atoms with E-state index in [1.165, 1.54) is 0 Å². The van der Waals surface area contributed by atoms with E-state index in [9.17, 15) is 0 Å². The maximum atomic E-state index is 8.64. The number of rotatable bonds is 4. The van der Waals surface area contributed by atoms with Crippen LogP contribution in [0.4, 0.5) is 0 Å². The Labute approximate surface area is 94.0 Å². The van der Waals surface area contributed by atoms with Crippen LogP contribution in [0.15, 0.2) is 47.1 Å². The van der Waals surface area contributed by atoms with Gasteiger partial charge in [0.25, 0.3) is 0 Å². The van der Waals surface area contributed by atoms with Crippen molar-refractivity contribution in [3.8, 4) is 11.3 Å². The van der Waals surface area contributed by atoms with E-state index in [0.717, 1.165) is 16.9 Å². The van der Waals surface area contributed by atoms with Crippen LogP contribution in [0.1, 0.15) is 12.0 Å². The SMILES string of the molecule is OCCC=Cc1ccc(-c2ccno2)cc1. The Morgan fingerprint density at radius 2 is 2.00 bits per heavy atom. The van der Waals surface area contributed by atoms with Gasteiger partial charge in [-0.05, 0) is 12.0 Å². The third kappa shape index (κ3) is 2.58. The van der Waals surface area contributed by atoms with Crippen molar-refractivity contribution in [2.75, 3.05) is 6.61 Å². The molecule has 0 aliphatic rings. The smallest absolute Gasteiger partial charge is 0.166 e. The Kier molecular flexibility index (Phi) is 3.51. The molecule has 82 valence electrons. The second-order valence-electron chi connectivity index (χ2n) is 3.41. The lowest BCUT2D eigenvalue weighted by atomic mass is 10.1. The summed E-state index contributed by atoms with van der Waals surface area (Å²) in [5.74, 6) is 0.769. The molecule has 2 aromatic rings. The van der Waals surface area contributed by atoms with Crippen LogP contribution in [0, 0.1) is 0 Å². The van der Waals surface area contributed by atoms with Gasteiger partial charge in [-0.15, -0.1) is 0 Å². The quantitative estimate of drug-likeness (QED) is 0.853. The Morgan fingerprint density at radius 3 is 2.62 bits per heavy atom. The van der Waals surface area contributed by atoms with Gasteiger partial charge in [-0.3, -0.25) is 0 Å². The number of aromatic nitrogens is 1. The van der Waals surface area contributed by atoms with Crippen molar-refractivity contribution in [1.29, 1.82) is 0 Å². The van der Waals surface area contributed by atoms with Gasteiger partial charge >= 0.3 is 0 Å². The molecule has 2 rings (SSSR count). The van der Waals surface area contributed by atoms with Gasteiger partial charge in [0.05, 0.1) is 6.20 Å². The van der Waals surface area contributed by atoms with E-state index in [4.69, 9.17) is 9.63 Å². The predicted octanol–water partition coefficient (Wildman–Crippen LogP) is 2.74. The molecule has 0 unspecified atom stereocenters. The molecular weight excluding hydrogens is 202 g/mol. The molecule has 0 radical (unpaired) electrons. The van der Waals surface area contributed by atoms with E-state index in [0.29, 0.717) is 6.42 Å². The molecule has 0 amide bonds. The Bertz CT molecular complexity index is 443. The van der Waals surface area contributed by atoms with Crippen molar-refractivity contribution in [2.45, 2.75) is 6.42 Å². The van der Waals surface area contributed by atoms with Crippen molar-refractivity contribution in [2.24, 2.45) is 0 Å². The molecule has 0 aliphatic heterocycles. The van der Waals surface area contributed by atoms with Crippen LogP contribution < -0.4 is 0 Å². The summed E-state index contributed by atoms with van der Waals surface area (Å²) < 4.78 is 5.06. The van der Waals surface area contributed by atoms with Crippen molar-refractivity contribution in [3.63, 3.8) is 0 Å². The molecule has 0 aliphatic carbocycles. The molecule has 0 saturated carbocycles. The first-order chi connectivity index (χ1) is 7.90. The van der Waals surface area contributed by atoms with E-state index in [1.807, 2.05) is 42.5 Å². The Morgan fingerprint density at radius 1 is 1.19 bits per heavy atom. The van der Waals surface area contributed by atoms with Crippen LogP contribution in [0.2, 0.25) is 0 Å². The summed E-state index contributed by atoms with van der Waals surface area (Å²) in [5.41, 5.74) is 2.12. The highest BCUT2D eigenvalue weighted by Crippen LogP contribution is 2.19. The number of aliphatic hydroxyl groups is 1. The minimum absolute atomic E-state index is 0.187. The van der Waals surface area contributed by atoms with Crippen molar-refractivity contribution in [3.05, 3.63) is 48.2 Å². The minimum Gasteiger partial charge on any atom is -0.396 e. The predicted molar refractivity (Wildman–Crippen MR) is 62.7 cm³/mol. The first kappa shape index (κ1) is 10.6. The molecule has 0 saturated heterocycles. The maximum absolute atomic E-state index is 8.64. The summed E-state index contributed by atoms with van der Waals surface area (Å²) >= 11 is 0. The van der Waals surface area contributed by atoms with E-state index in [2.05, 4.69) is 5.16 Å². The van der Waals surface area contributed by atoms with Gasteiger partial charge in [0.1, 0.15) is 0 Å². The summed E-state index contributed by atoms with van der Waals surface area (Å²) in [5, 5.41) is 12.3. The van der Waals surface area contributed by atoms with Gasteiger partial charge in [-0.25, -0.2) is 0 Å². The zero-order valence-corrected chi connectivity index (χ0v) is 8.84. The zero-order valence-electron chi connectivity index (χ0n) is 8.84. The molecule has 16 heavy (non-hydrogen) atoms. The Balaban J connectivity index is 2.11. The lowest BCUT2D eigenvalue weighted by Crippen LogP contribution is -1.77. The van der Waals surface area contributed by atoms with Crippen LogP contribution >= 0.6 is 0 Å². The fraction of sp³-hybridized carbons (Fsp3) is 0.154. The highest BCUT2D eigenvalue weighted by atomic mass is 16.5. The van der Waals surface area contributed by atoms with Crippen LogP contribution in [0.5, 0.6) is 0 Å². The summed E-state index contributed by atoms with van der Waals surface area (Å²) in [4.78, 5) is 0. The van der Waals surface area contributed by atoms with E-state index >= 15 is 0 Å². The van der Waals surface area contributed by atoms with Crippen LogP contribution in [0.3, 0.4) is 0 Å². The van der Waals surface area contributed by atoms with E-state index < -0.39 is 0 Å². The fourth-order valence-corrected chi connectivity index (χ4v) is 1.42.